The molecule has 0 aliphatic heterocycles. The van der Waals surface area contributed by atoms with Gasteiger partial charge in [-0.05, 0) is 7.05 Å². The molecule has 0 fully saturated rings. The van der Waals surface area contributed by atoms with Crippen LogP contribution >= 0.6 is 0 Å². The van der Waals surface area contributed by atoms with Crippen molar-refractivity contribution in [1.29, 1.82) is 0 Å². The lowest BCUT2D eigenvalue weighted by Gasteiger charge is -2.00. The van der Waals surface area contributed by atoms with Gasteiger partial charge < -0.3 is 10.6 Å². The Balaban J connectivity index is 3.13. The maximum atomic E-state index is 10.7. The maximum absolute atomic E-state index is 10.7. The summed E-state index contributed by atoms with van der Waals surface area (Å²) in [5.41, 5.74) is 0. The van der Waals surface area contributed by atoms with Crippen molar-refractivity contribution in [2.75, 3.05) is 20.1 Å². The molecule has 0 spiro atoms. The molecule has 58 valence electrons. The average molecular weight is 142 g/mol. The summed E-state index contributed by atoms with van der Waals surface area (Å²) in [6.07, 6.45) is 2.00. The quantitative estimate of drug-likeness (QED) is 0.415. The van der Waals surface area contributed by atoms with E-state index >= 15 is 0 Å². The zero-order valence-electron chi connectivity index (χ0n) is 6.31. The molecule has 0 bridgehead atoms. The van der Waals surface area contributed by atoms with Crippen LogP contribution in [0.5, 0.6) is 0 Å². The van der Waals surface area contributed by atoms with Crippen LogP contribution in [0, 0.1) is 0 Å². The number of carbonyl (C=O) groups is 1. The van der Waals surface area contributed by atoms with Gasteiger partial charge in [-0.3, -0.25) is 4.79 Å². The van der Waals surface area contributed by atoms with Crippen LogP contribution in [-0.2, 0) is 4.79 Å². The number of hydrogen-bond donors (Lipinski definition) is 2. The van der Waals surface area contributed by atoms with Gasteiger partial charge in [0.1, 0.15) is 0 Å². The van der Waals surface area contributed by atoms with Crippen LogP contribution in [0.15, 0.2) is 12.7 Å². The summed E-state index contributed by atoms with van der Waals surface area (Å²) < 4.78 is 0. The highest BCUT2D eigenvalue weighted by molar-refractivity contribution is 5.77. The van der Waals surface area contributed by atoms with Gasteiger partial charge >= 0.3 is 0 Å². The fourth-order valence-corrected chi connectivity index (χ4v) is 0.530. The number of rotatable bonds is 5. The first-order chi connectivity index (χ1) is 4.81. The molecule has 0 aromatic heterocycles. The highest BCUT2D eigenvalue weighted by Crippen LogP contribution is 1.76. The van der Waals surface area contributed by atoms with Crippen molar-refractivity contribution in [3.8, 4) is 0 Å². The second-order valence-electron chi connectivity index (χ2n) is 1.95. The largest absolute Gasteiger partial charge is 0.355 e. The van der Waals surface area contributed by atoms with E-state index in [4.69, 9.17) is 0 Å². The predicted octanol–water partition coefficient (Wildman–Crippen LogP) is -0.102. The molecule has 10 heavy (non-hydrogen) atoms. The SMILES string of the molecule is C=CCC(=O)NCCNC. The molecule has 0 rings (SSSR count). The third-order valence-corrected chi connectivity index (χ3v) is 1.03. The van der Waals surface area contributed by atoms with Crippen molar-refractivity contribution >= 4 is 5.91 Å². The van der Waals surface area contributed by atoms with Gasteiger partial charge in [0.05, 0.1) is 0 Å². The molecule has 0 heterocycles. The molecular formula is C7H14N2O. The Hall–Kier alpha value is -0.830. The lowest BCUT2D eigenvalue weighted by Crippen LogP contribution is -2.29. The molecule has 3 heteroatoms. The summed E-state index contributed by atoms with van der Waals surface area (Å²) in [6, 6.07) is 0. The molecule has 0 radical (unpaired) electrons. The smallest absolute Gasteiger partial charge is 0.223 e. The summed E-state index contributed by atoms with van der Waals surface area (Å²) in [7, 11) is 1.85. The van der Waals surface area contributed by atoms with E-state index in [0.717, 1.165) is 6.54 Å². The van der Waals surface area contributed by atoms with E-state index in [-0.39, 0.29) is 5.91 Å². The second-order valence-corrected chi connectivity index (χ2v) is 1.95. The summed E-state index contributed by atoms with van der Waals surface area (Å²) >= 11 is 0. The maximum Gasteiger partial charge on any atom is 0.223 e. The number of carbonyl (C=O) groups excluding carboxylic acids is 1. The van der Waals surface area contributed by atoms with Crippen molar-refractivity contribution in [3.63, 3.8) is 0 Å². The van der Waals surface area contributed by atoms with Gasteiger partial charge in [-0.2, -0.15) is 0 Å². The van der Waals surface area contributed by atoms with Crippen LogP contribution < -0.4 is 10.6 Å². The van der Waals surface area contributed by atoms with Gasteiger partial charge in [0, 0.05) is 19.5 Å². The zero-order chi connectivity index (χ0) is 7.82. The van der Waals surface area contributed by atoms with E-state index in [1.54, 1.807) is 6.08 Å². The van der Waals surface area contributed by atoms with E-state index in [1.165, 1.54) is 0 Å². The molecule has 0 aromatic carbocycles. The predicted molar refractivity (Wildman–Crippen MR) is 41.8 cm³/mol. The van der Waals surface area contributed by atoms with Crippen LogP contribution in [0.2, 0.25) is 0 Å². The number of nitrogens with one attached hydrogen (secondary N) is 2. The number of amides is 1. The third kappa shape index (κ3) is 5.31. The van der Waals surface area contributed by atoms with Crippen LogP contribution in [0.4, 0.5) is 0 Å². The normalized spacial score (nSPS) is 8.90. The Morgan fingerprint density at radius 1 is 1.60 bits per heavy atom. The molecule has 0 aromatic rings. The highest BCUT2D eigenvalue weighted by Gasteiger charge is 1.93. The number of likely N-dealkylation sites (N-methyl/N-ethyl adjacent to an activating group) is 1. The first-order valence-electron chi connectivity index (χ1n) is 3.33. The lowest BCUT2D eigenvalue weighted by atomic mass is 10.4. The van der Waals surface area contributed by atoms with E-state index in [0.29, 0.717) is 13.0 Å². The van der Waals surface area contributed by atoms with Gasteiger partial charge in [0.25, 0.3) is 0 Å². The second kappa shape index (κ2) is 6.29. The molecule has 0 atom stereocenters. The van der Waals surface area contributed by atoms with Gasteiger partial charge in [0.2, 0.25) is 5.91 Å². The fourth-order valence-electron chi connectivity index (χ4n) is 0.530. The van der Waals surface area contributed by atoms with Crippen LogP contribution in [-0.4, -0.2) is 26.0 Å². The van der Waals surface area contributed by atoms with E-state index in [1.807, 2.05) is 7.05 Å². The van der Waals surface area contributed by atoms with Crippen LogP contribution in [0.25, 0.3) is 0 Å². The number of hydrogen-bond acceptors (Lipinski definition) is 2. The molecule has 1 amide bonds. The topological polar surface area (TPSA) is 41.1 Å². The molecule has 0 saturated carbocycles. The molecular weight excluding hydrogens is 128 g/mol. The monoisotopic (exact) mass is 142 g/mol. The van der Waals surface area contributed by atoms with Crippen molar-refractivity contribution in [2.24, 2.45) is 0 Å². The van der Waals surface area contributed by atoms with Crippen molar-refractivity contribution in [2.45, 2.75) is 6.42 Å². The van der Waals surface area contributed by atoms with Gasteiger partial charge in [0.15, 0.2) is 0 Å². The molecule has 3 nitrogen and oxygen atoms in total. The van der Waals surface area contributed by atoms with Crippen molar-refractivity contribution in [3.05, 3.63) is 12.7 Å². The Kier molecular flexibility index (Phi) is 5.77. The van der Waals surface area contributed by atoms with Crippen LogP contribution in [0.1, 0.15) is 6.42 Å². The van der Waals surface area contributed by atoms with Crippen molar-refractivity contribution < 1.29 is 4.79 Å². The molecule has 0 aliphatic carbocycles. The Morgan fingerprint density at radius 2 is 2.30 bits per heavy atom. The van der Waals surface area contributed by atoms with Gasteiger partial charge in [-0.1, -0.05) is 6.08 Å². The Morgan fingerprint density at radius 3 is 2.80 bits per heavy atom. The lowest BCUT2D eigenvalue weighted by molar-refractivity contribution is -0.120. The molecule has 0 saturated heterocycles. The minimum Gasteiger partial charge on any atom is -0.355 e. The summed E-state index contributed by atoms with van der Waals surface area (Å²) in [5.74, 6) is 0.0326. The standard InChI is InChI=1S/C7H14N2O/c1-3-4-7(10)9-6-5-8-2/h3,8H,1,4-6H2,2H3,(H,9,10). The van der Waals surface area contributed by atoms with Crippen LogP contribution in [0.3, 0.4) is 0 Å². The molecule has 2 N–H and O–H groups in total. The molecule has 0 unspecified atom stereocenters. The van der Waals surface area contributed by atoms with E-state index in [9.17, 15) is 4.79 Å². The molecule has 0 aliphatic rings. The first kappa shape index (κ1) is 9.17. The zero-order valence-corrected chi connectivity index (χ0v) is 6.31. The minimum atomic E-state index is 0.0326. The first-order valence-corrected chi connectivity index (χ1v) is 3.33. The third-order valence-electron chi connectivity index (χ3n) is 1.03. The summed E-state index contributed by atoms with van der Waals surface area (Å²) in [6.45, 7) is 4.94. The average Bonchev–Trinajstić information content (AvgIpc) is 1.89. The highest BCUT2D eigenvalue weighted by atomic mass is 16.1. The minimum absolute atomic E-state index is 0.0326. The van der Waals surface area contributed by atoms with E-state index < -0.39 is 0 Å². The summed E-state index contributed by atoms with van der Waals surface area (Å²) in [4.78, 5) is 10.7. The van der Waals surface area contributed by atoms with Crippen molar-refractivity contribution in [1.82, 2.24) is 10.6 Å². The summed E-state index contributed by atoms with van der Waals surface area (Å²) in [5, 5.41) is 5.64. The Labute approximate surface area is 61.5 Å². The Bertz CT molecular complexity index is 112. The van der Waals surface area contributed by atoms with E-state index in [2.05, 4.69) is 17.2 Å². The van der Waals surface area contributed by atoms with Gasteiger partial charge in [-0.25, -0.2) is 0 Å². The fraction of sp³-hybridized carbons (Fsp3) is 0.571. The van der Waals surface area contributed by atoms with Gasteiger partial charge in [-0.15, -0.1) is 6.58 Å².